The molecule has 1 nitrogen and oxygen atoms in total. The van der Waals surface area contributed by atoms with Gasteiger partial charge in [-0.2, -0.15) is 0 Å². The van der Waals surface area contributed by atoms with E-state index in [0.717, 1.165) is 0 Å². The Morgan fingerprint density at radius 2 is 1.93 bits per heavy atom. The first-order valence-corrected chi connectivity index (χ1v) is 5.45. The van der Waals surface area contributed by atoms with Crippen molar-refractivity contribution in [3.63, 3.8) is 0 Å². The Bertz CT molecular complexity index is 293. The fourth-order valence-corrected chi connectivity index (χ4v) is 2.57. The number of likely N-dealkylation sites (tertiary alicyclic amines) is 1. The van der Waals surface area contributed by atoms with Gasteiger partial charge in [0.1, 0.15) is 0 Å². The van der Waals surface area contributed by atoms with Crippen molar-refractivity contribution in [3.8, 4) is 0 Å². The molecule has 1 aromatic carbocycles. The van der Waals surface area contributed by atoms with E-state index in [1.807, 2.05) is 0 Å². The standard InChI is InChI=1S/C13H19N/c1-13(9-6-10-14(2)11-13)12-7-4-3-5-8-12/h3-5,7-8H,6,9-11H2,1-2H3. The molecule has 1 fully saturated rings. The molecule has 0 saturated carbocycles. The van der Waals surface area contributed by atoms with E-state index in [-0.39, 0.29) is 0 Å². The van der Waals surface area contributed by atoms with Crippen LogP contribution in [0.2, 0.25) is 0 Å². The summed E-state index contributed by atoms with van der Waals surface area (Å²) in [5.41, 5.74) is 1.86. The number of hydrogen-bond acceptors (Lipinski definition) is 1. The van der Waals surface area contributed by atoms with E-state index in [0.29, 0.717) is 5.41 Å². The van der Waals surface area contributed by atoms with Gasteiger partial charge in [0.05, 0.1) is 0 Å². The molecule has 2 rings (SSSR count). The van der Waals surface area contributed by atoms with Gasteiger partial charge in [-0.05, 0) is 32.0 Å². The second-order valence-corrected chi connectivity index (χ2v) is 4.77. The minimum atomic E-state index is 0.369. The van der Waals surface area contributed by atoms with Crippen LogP contribution >= 0.6 is 0 Å². The third-order valence-corrected chi connectivity index (χ3v) is 3.36. The molecule has 1 atom stereocenters. The SMILES string of the molecule is CN1CCCC(C)(c2ccccc2)C1. The third kappa shape index (κ3) is 1.83. The zero-order valence-corrected chi connectivity index (χ0v) is 9.16. The van der Waals surface area contributed by atoms with Crippen molar-refractivity contribution in [1.29, 1.82) is 0 Å². The summed E-state index contributed by atoms with van der Waals surface area (Å²) in [5.74, 6) is 0. The molecule has 1 aliphatic heterocycles. The Labute approximate surface area is 86.7 Å². The second-order valence-electron chi connectivity index (χ2n) is 4.77. The number of nitrogens with zero attached hydrogens (tertiary/aromatic N) is 1. The van der Waals surface area contributed by atoms with Gasteiger partial charge in [-0.3, -0.25) is 0 Å². The predicted octanol–water partition coefficient (Wildman–Crippen LogP) is 2.67. The average Bonchev–Trinajstić information content (AvgIpc) is 2.19. The summed E-state index contributed by atoms with van der Waals surface area (Å²) in [6.45, 7) is 4.83. The molecule has 0 bridgehead atoms. The van der Waals surface area contributed by atoms with Crippen LogP contribution in [-0.2, 0) is 5.41 Å². The molecule has 1 aliphatic rings. The number of rotatable bonds is 1. The largest absolute Gasteiger partial charge is 0.305 e. The maximum Gasteiger partial charge on any atom is 0.00729 e. The first kappa shape index (κ1) is 9.72. The van der Waals surface area contributed by atoms with Gasteiger partial charge in [0.15, 0.2) is 0 Å². The van der Waals surface area contributed by atoms with E-state index in [2.05, 4.69) is 49.2 Å². The molecule has 0 aliphatic carbocycles. The van der Waals surface area contributed by atoms with Crippen LogP contribution in [0.5, 0.6) is 0 Å². The first-order chi connectivity index (χ1) is 6.71. The van der Waals surface area contributed by atoms with Crippen LogP contribution in [0.4, 0.5) is 0 Å². The highest BCUT2D eigenvalue weighted by atomic mass is 15.1. The van der Waals surface area contributed by atoms with Gasteiger partial charge >= 0.3 is 0 Å². The lowest BCUT2D eigenvalue weighted by atomic mass is 9.76. The summed E-state index contributed by atoms with van der Waals surface area (Å²) in [6.07, 6.45) is 2.64. The van der Waals surface area contributed by atoms with Crippen molar-refractivity contribution >= 4 is 0 Å². The molecular formula is C13H19N. The quantitative estimate of drug-likeness (QED) is 0.656. The summed E-state index contributed by atoms with van der Waals surface area (Å²) in [4.78, 5) is 2.44. The van der Waals surface area contributed by atoms with Crippen LogP contribution in [-0.4, -0.2) is 25.0 Å². The molecular weight excluding hydrogens is 170 g/mol. The van der Waals surface area contributed by atoms with Crippen molar-refractivity contribution in [1.82, 2.24) is 4.90 Å². The summed E-state index contributed by atoms with van der Waals surface area (Å²) in [7, 11) is 2.22. The van der Waals surface area contributed by atoms with E-state index in [9.17, 15) is 0 Å². The van der Waals surface area contributed by atoms with E-state index in [4.69, 9.17) is 0 Å². The molecule has 76 valence electrons. The lowest BCUT2D eigenvalue weighted by Gasteiger charge is -2.39. The van der Waals surface area contributed by atoms with E-state index >= 15 is 0 Å². The molecule has 0 spiro atoms. The van der Waals surface area contributed by atoms with Crippen molar-refractivity contribution in [2.75, 3.05) is 20.1 Å². The Balaban J connectivity index is 2.23. The van der Waals surface area contributed by atoms with Crippen LogP contribution < -0.4 is 0 Å². The fourth-order valence-electron chi connectivity index (χ4n) is 2.57. The first-order valence-electron chi connectivity index (χ1n) is 5.45. The van der Waals surface area contributed by atoms with Crippen molar-refractivity contribution < 1.29 is 0 Å². The highest BCUT2D eigenvalue weighted by molar-refractivity contribution is 5.25. The lowest BCUT2D eigenvalue weighted by Crippen LogP contribution is -2.42. The topological polar surface area (TPSA) is 3.24 Å². The van der Waals surface area contributed by atoms with Crippen molar-refractivity contribution in [2.45, 2.75) is 25.2 Å². The molecule has 14 heavy (non-hydrogen) atoms. The summed E-state index contributed by atoms with van der Waals surface area (Å²) in [5, 5.41) is 0. The number of hydrogen-bond donors (Lipinski definition) is 0. The van der Waals surface area contributed by atoms with Crippen LogP contribution in [0.3, 0.4) is 0 Å². The molecule has 1 saturated heterocycles. The third-order valence-electron chi connectivity index (χ3n) is 3.36. The van der Waals surface area contributed by atoms with Gasteiger partial charge in [0.2, 0.25) is 0 Å². The summed E-state index contributed by atoms with van der Waals surface area (Å²) >= 11 is 0. The minimum Gasteiger partial charge on any atom is -0.305 e. The maximum absolute atomic E-state index is 2.44. The van der Waals surface area contributed by atoms with Gasteiger partial charge in [0.25, 0.3) is 0 Å². The Kier molecular flexibility index (Phi) is 2.60. The molecule has 0 N–H and O–H groups in total. The van der Waals surface area contributed by atoms with Gasteiger partial charge in [-0.25, -0.2) is 0 Å². The van der Waals surface area contributed by atoms with Gasteiger partial charge in [-0.1, -0.05) is 37.3 Å². The molecule has 0 amide bonds. The Morgan fingerprint density at radius 1 is 1.21 bits per heavy atom. The second kappa shape index (κ2) is 3.74. The van der Waals surface area contributed by atoms with E-state index < -0.39 is 0 Å². The highest BCUT2D eigenvalue weighted by Gasteiger charge is 2.30. The molecule has 0 aromatic heterocycles. The average molecular weight is 189 g/mol. The van der Waals surface area contributed by atoms with Gasteiger partial charge in [0, 0.05) is 12.0 Å². The van der Waals surface area contributed by atoms with Crippen LogP contribution in [0.1, 0.15) is 25.3 Å². The maximum atomic E-state index is 2.44. The monoisotopic (exact) mass is 189 g/mol. The molecule has 1 heterocycles. The zero-order valence-electron chi connectivity index (χ0n) is 9.16. The number of benzene rings is 1. The highest BCUT2D eigenvalue weighted by Crippen LogP contribution is 2.32. The van der Waals surface area contributed by atoms with Crippen molar-refractivity contribution in [3.05, 3.63) is 35.9 Å². The Hall–Kier alpha value is -0.820. The lowest BCUT2D eigenvalue weighted by molar-refractivity contribution is 0.188. The van der Waals surface area contributed by atoms with E-state index in [1.54, 1.807) is 0 Å². The summed E-state index contributed by atoms with van der Waals surface area (Å²) < 4.78 is 0. The molecule has 1 aromatic rings. The van der Waals surface area contributed by atoms with Crippen molar-refractivity contribution in [2.24, 2.45) is 0 Å². The molecule has 0 radical (unpaired) electrons. The predicted molar refractivity (Wildman–Crippen MR) is 60.5 cm³/mol. The van der Waals surface area contributed by atoms with Crippen LogP contribution in [0.15, 0.2) is 30.3 Å². The molecule has 1 unspecified atom stereocenters. The Morgan fingerprint density at radius 3 is 2.57 bits per heavy atom. The molecule has 1 heteroatoms. The van der Waals surface area contributed by atoms with Crippen LogP contribution in [0.25, 0.3) is 0 Å². The number of likely N-dealkylation sites (N-methyl/N-ethyl adjacent to an activating group) is 1. The normalized spacial score (nSPS) is 29.0. The van der Waals surface area contributed by atoms with Gasteiger partial charge < -0.3 is 4.90 Å². The van der Waals surface area contributed by atoms with Crippen LogP contribution in [0, 0.1) is 0 Å². The van der Waals surface area contributed by atoms with Gasteiger partial charge in [-0.15, -0.1) is 0 Å². The zero-order chi connectivity index (χ0) is 10.0. The summed E-state index contributed by atoms with van der Waals surface area (Å²) in [6, 6.07) is 10.9. The fraction of sp³-hybridized carbons (Fsp3) is 0.538. The number of piperidine rings is 1. The van der Waals surface area contributed by atoms with E-state index in [1.165, 1.54) is 31.5 Å². The minimum absolute atomic E-state index is 0.369. The smallest absolute Gasteiger partial charge is 0.00729 e.